The molecule has 0 aliphatic carbocycles. The first-order valence-corrected chi connectivity index (χ1v) is 9.16. The molecule has 1 aromatic carbocycles. The zero-order valence-corrected chi connectivity index (χ0v) is 14.8. The number of aromatic amines is 1. The van der Waals surface area contributed by atoms with Gasteiger partial charge in [0.1, 0.15) is 17.6 Å². The highest BCUT2D eigenvalue weighted by atomic mass is 79.9. The molecule has 0 saturated carbocycles. The lowest BCUT2D eigenvalue weighted by Gasteiger charge is -2.08. The Morgan fingerprint density at radius 3 is 2.71 bits per heavy atom. The molecule has 3 aromatic rings. The minimum absolute atomic E-state index is 0.227. The normalized spacial score (nSPS) is 11.0. The van der Waals surface area contributed by atoms with Crippen LogP contribution >= 0.6 is 15.9 Å². The van der Waals surface area contributed by atoms with Crippen LogP contribution < -0.4 is 5.32 Å². The van der Waals surface area contributed by atoms with Crippen molar-refractivity contribution in [1.82, 2.24) is 19.9 Å². The number of imidazole rings is 1. The van der Waals surface area contributed by atoms with E-state index in [0.717, 1.165) is 11.1 Å². The smallest absolute Gasteiger partial charge is 0.261 e. The summed E-state index contributed by atoms with van der Waals surface area (Å²) in [4.78, 5) is 15.2. The van der Waals surface area contributed by atoms with Crippen LogP contribution in [0.15, 0.2) is 35.3 Å². The second kappa shape index (κ2) is 7.55. The van der Waals surface area contributed by atoms with Gasteiger partial charge in [0.05, 0.1) is 17.1 Å². The van der Waals surface area contributed by atoms with E-state index in [1.807, 2.05) is 12.1 Å². The first kappa shape index (κ1) is 18.1. The molecule has 128 valence electrons. The predicted molar refractivity (Wildman–Crippen MR) is 92.3 cm³/mol. The standard InChI is InChI=1S/C12H10BrN5O.CH4O3S/c13-8-3-1-2-7(10(8)19)4-14-11-9-12(16-5-15-9)18-6-17-11;1-5(2,3)4/h1-3,5-6,19H,4H2,(H2,14,15,16,17,18);1H3,(H,2,3,4). The average Bonchev–Trinajstić information content (AvgIpc) is 2.96. The Balaban J connectivity index is 0.000000368. The van der Waals surface area contributed by atoms with Crippen LogP contribution in [0.3, 0.4) is 0 Å². The van der Waals surface area contributed by atoms with Crippen molar-refractivity contribution in [2.45, 2.75) is 6.54 Å². The number of nitrogens with zero attached hydrogens (tertiary/aromatic N) is 3. The number of phenols is 1. The summed E-state index contributed by atoms with van der Waals surface area (Å²) >= 11 is 3.29. The minimum atomic E-state index is -3.67. The van der Waals surface area contributed by atoms with Gasteiger partial charge in [-0.3, -0.25) is 4.55 Å². The van der Waals surface area contributed by atoms with Gasteiger partial charge in [-0.1, -0.05) is 12.1 Å². The summed E-state index contributed by atoms with van der Waals surface area (Å²) in [6.45, 7) is 0.455. The molecule has 0 radical (unpaired) electrons. The van der Waals surface area contributed by atoms with Gasteiger partial charge in [-0.2, -0.15) is 8.42 Å². The van der Waals surface area contributed by atoms with Crippen LogP contribution in [0.2, 0.25) is 0 Å². The lowest BCUT2D eigenvalue weighted by Crippen LogP contribution is -2.03. The molecular formula is C13H14BrN5O4S. The topological polar surface area (TPSA) is 141 Å². The van der Waals surface area contributed by atoms with Gasteiger partial charge in [-0.25, -0.2) is 15.0 Å². The van der Waals surface area contributed by atoms with Crippen LogP contribution in [-0.4, -0.2) is 44.3 Å². The number of phenolic OH excluding ortho intramolecular Hbond substituents is 1. The number of aromatic nitrogens is 4. The SMILES string of the molecule is CS(=O)(=O)O.Oc1c(Br)cccc1CNc1ncnc2nc[nH]c12. The summed E-state index contributed by atoms with van der Waals surface area (Å²) in [7, 11) is -3.67. The van der Waals surface area contributed by atoms with Crippen molar-refractivity contribution < 1.29 is 18.1 Å². The summed E-state index contributed by atoms with van der Waals surface area (Å²) in [5.41, 5.74) is 2.13. The summed E-state index contributed by atoms with van der Waals surface area (Å²) in [5.74, 6) is 0.881. The van der Waals surface area contributed by atoms with Crippen molar-refractivity contribution in [1.29, 1.82) is 0 Å². The molecule has 24 heavy (non-hydrogen) atoms. The molecule has 0 spiro atoms. The van der Waals surface area contributed by atoms with Crippen molar-refractivity contribution in [2.75, 3.05) is 11.6 Å². The quantitative estimate of drug-likeness (QED) is 0.475. The van der Waals surface area contributed by atoms with Crippen molar-refractivity contribution >= 4 is 43.0 Å². The molecular weight excluding hydrogens is 402 g/mol. The van der Waals surface area contributed by atoms with E-state index >= 15 is 0 Å². The molecule has 0 aliphatic rings. The molecule has 0 atom stereocenters. The molecule has 0 amide bonds. The number of para-hydroxylation sites is 1. The number of benzene rings is 1. The van der Waals surface area contributed by atoms with E-state index in [9.17, 15) is 13.5 Å². The first-order chi connectivity index (χ1) is 11.3. The summed E-state index contributed by atoms with van der Waals surface area (Å²) in [5, 5.41) is 13.1. The molecule has 0 fully saturated rings. The van der Waals surface area contributed by atoms with Crippen molar-refractivity contribution in [3.05, 3.63) is 40.9 Å². The monoisotopic (exact) mass is 415 g/mol. The highest BCUT2D eigenvalue weighted by molar-refractivity contribution is 9.10. The number of anilines is 1. The van der Waals surface area contributed by atoms with Crippen LogP contribution in [0.5, 0.6) is 5.75 Å². The van der Waals surface area contributed by atoms with Crippen molar-refractivity contribution in [2.24, 2.45) is 0 Å². The molecule has 4 N–H and O–H groups in total. The Hall–Kier alpha value is -2.24. The third-order valence-electron chi connectivity index (χ3n) is 2.74. The Kier molecular flexibility index (Phi) is 5.70. The zero-order valence-electron chi connectivity index (χ0n) is 12.4. The van der Waals surface area contributed by atoms with E-state index in [1.165, 1.54) is 6.33 Å². The average molecular weight is 416 g/mol. The van der Waals surface area contributed by atoms with E-state index in [0.29, 0.717) is 28.7 Å². The lowest BCUT2D eigenvalue weighted by molar-refractivity contribution is 0.465. The molecule has 0 aliphatic heterocycles. The molecule has 2 aromatic heterocycles. The number of hydrogen-bond acceptors (Lipinski definition) is 7. The van der Waals surface area contributed by atoms with Crippen molar-refractivity contribution in [3.8, 4) is 5.75 Å². The Bertz CT molecular complexity index is 936. The van der Waals surface area contributed by atoms with Crippen LogP contribution in [0.25, 0.3) is 11.2 Å². The third-order valence-corrected chi connectivity index (χ3v) is 3.38. The van der Waals surface area contributed by atoms with Crippen LogP contribution in [0.4, 0.5) is 5.82 Å². The fourth-order valence-corrected chi connectivity index (χ4v) is 2.19. The number of H-pyrrole nitrogens is 1. The highest BCUT2D eigenvalue weighted by Crippen LogP contribution is 2.28. The highest BCUT2D eigenvalue weighted by Gasteiger charge is 2.08. The van der Waals surface area contributed by atoms with Gasteiger partial charge >= 0.3 is 0 Å². The van der Waals surface area contributed by atoms with E-state index in [2.05, 4.69) is 41.2 Å². The zero-order chi connectivity index (χ0) is 17.7. The summed E-state index contributed by atoms with van der Waals surface area (Å²) in [6.07, 6.45) is 3.74. The van der Waals surface area contributed by atoms with Crippen LogP contribution in [0, 0.1) is 0 Å². The number of fused-ring (bicyclic) bond motifs is 1. The van der Waals surface area contributed by atoms with Gasteiger partial charge in [-0.15, -0.1) is 0 Å². The molecule has 9 nitrogen and oxygen atoms in total. The molecule has 0 saturated heterocycles. The number of halogens is 1. The maximum atomic E-state index is 9.91. The Morgan fingerprint density at radius 2 is 2.00 bits per heavy atom. The summed E-state index contributed by atoms with van der Waals surface area (Å²) in [6, 6.07) is 5.50. The molecule has 3 rings (SSSR count). The largest absolute Gasteiger partial charge is 0.506 e. The number of rotatable bonds is 3. The number of nitrogens with one attached hydrogen (secondary N) is 2. The second-order valence-electron chi connectivity index (χ2n) is 4.66. The fraction of sp³-hybridized carbons (Fsp3) is 0.154. The predicted octanol–water partition coefficient (Wildman–Crippen LogP) is 1.94. The maximum absolute atomic E-state index is 9.91. The second-order valence-corrected chi connectivity index (χ2v) is 6.98. The van der Waals surface area contributed by atoms with E-state index in [4.69, 9.17) is 4.55 Å². The lowest BCUT2D eigenvalue weighted by atomic mass is 10.2. The van der Waals surface area contributed by atoms with Gasteiger partial charge in [-0.05, 0) is 22.0 Å². The Morgan fingerprint density at radius 1 is 1.29 bits per heavy atom. The van der Waals surface area contributed by atoms with Crippen molar-refractivity contribution in [3.63, 3.8) is 0 Å². The first-order valence-electron chi connectivity index (χ1n) is 6.52. The van der Waals surface area contributed by atoms with Crippen LogP contribution in [0.1, 0.15) is 5.56 Å². The fourth-order valence-electron chi connectivity index (χ4n) is 1.78. The van der Waals surface area contributed by atoms with E-state index < -0.39 is 10.1 Å². The third kappa shape index (κ3) is 5.15. The molecule has 0 unspecified atom stereocenters. The van der Waals surface area contributed by atoms with Crippen LogP contribution in [-0.2, 0) is 16.7 Å². The van der Waals surface area contributed by atoms with Gasteiger partial charge in [0.25, 0.3) is 10.1 Å². The molecule has 11 heteroatoms. The van der Waals surface area contributed by atoms with Gasteiger partial charge in [0.2, 0.25) is 0 Å². The molecule has 0 bridgehead atoms. The van der Waals surface area contributed by atoms with E-state index in [1.54, 1.807) is 12.4 Å². The molecule has 2 heterocycles. The number of hydrogen-bond donors (Lipinski definition) is 4. The minimum Gasteiger partial charge on any atom is -0.506 e. The van der Waals surface area contributed by atoms with Gasteiger partial charge < -0.3 is 15.4 Å². The number of aromatic hydroxyl groups is 1. The summed E-state index contributed by atoms with van der Waals surface area (Å²) < 4.78 is 26.5. The maximum Gasteiger partial charge on any atom is 0.261 e. The van der Waals surface area contributed by atoms with E-state index in [-0.39, 0.29) is 5.75 Å². The van der Waals surface area contributed by atoms with Gasteiger partial charge in [0.15, 0.2) is 11.5 Å². The van der Waals surface area contributed by atoms with Gasteiger partial charge in [0, 0.05) is 12.1 Å². The Labute approximate surface area is 146 Å².